The largest absolute Gasteiger partial charge is 0.490 e. The van der Waals surface area contributed by atoms with Crippen molar-refractivity contribution in [2.45, 2.75) is 63.2 Å². The van der Waals surface area contributed by atoms with Gasteiger partial charge in [0.2, 0.25) is 0 Å². The lowest BCUT2D eigenvalue weighted by Gasteiger charge is -2.40. The van der Waals surface area contributed by atoms with Gasteiger partial charge in [0.05, 0.1) is 17.3 Å². The molecule has 0 saturated carbocycles. The summed E-state index contributed by atoms with van der Waals surface area (Å²) < 4.78 is 6.12. The molecule has 0 bridgehead atoms. The van der Waals surface area contributed by atoms with Gasteiger partial charge in [0, 0.05) is 44.4 Å². The molecular formula is C29H38N4O3. The zero-order chi connectivity index (χ0) is 25.1. The molecule has 2 aromatic carbocycles. The lowest BCUT2D eigenvalue weighted by Crippen LogP contribution is -2.49. The van der Waals surface area contributed by atoms with Gasteiger partial charge >= 0.3 is 0 Å². The van der Waals surface area contributed by atoms with Gasteiger partial charge in [0.1, 0.15) is 11.9 Å². The second-order valence-corrected chi connectivity index (χ2v) is 10.7. The molecule has 36 heavy (non-hydrogen) atoms. The first-order valence-electron chi connectivity index (χ1n) is 13.2. The highest BCUT2D eigenvalue weighted by molar-refractivity contribution is 5.94. The van der Waals surface area contributed by atoms with Crippen molar-refractivity contribution in [2.24, 2.45) is 5.10 Å². The quantitative estimate of drug-likeness (QED) is 0.661. The summed E-state index contributed by atoms with van der Waals surface area (Å²) in [5, 5.41) is 18.0. The van der Waals surface area contributed by atoms with E-state index < -0.39 is 5.60 Å². The summed E-state index contributed by atoms with van der Waals surface area (Å²) in [5.41, 5.74) is 2.16. The number of hydrogen-bond acceptors (Lipinski definition) is 6. The number of piperidine rings is 2. The summed E-state index contributed by atoms with van der Waals surface area (Å²) in [7, 11) is 2.14. The van der Waals surface area contributed by atoms with Crippen molar-refractivity contribution in [3.63, 3.8) is 0 Å². The van der Waals surface area contributed by atoms with E-state index in [1.54, 1.807) is 0 Å². The van der Waals surface area contributed by atoms with Gasteiger partial charge in [-0.05, 0) is 82.5 Å². The third kappa shape index (κ3) is 5.73. The van der Waals surface area contributed by atoms with E-state index >= 15 is 0 Å². The Bertz CT molecular complexity index is 1050. The number of amides is 1. The van der Waals surface area contributed by atoms with Gasteiger partial charge in [0.15, 0.2) is 0 Å². The Labute approximate surface area is 214 Å². The number of benzene rings is 2. The van der Waals surface area contributed by atoms with Crippen LogP contribution in [0.15, 0.2) is 53.6 Å². The molecule has 0 radical (unpaired) electrons. The van der Waals surface area contributed by atoms with Crippen LogP contribution in [0.25, 0.3) is 0 Å². The molecule has 3 heterocycles. The zero-order valence-electron chi connectivity index (χ0n) is 21.5. The normalized spacial score (nSPS) is 22.7. The molecule has 3 aliphatic rings. The topological polar surface area (TPSA) is 68.6 Å². The highest BCUT2D eigenvalue weighted by atomic mass is 16.5. The highest BCUT2D eigenvalue weighted by Gasteiger charge is 2.38. The lowest BCUT2D eigenvalue weighted by atomic mass is 9.84. The fraction of sp³-hybridized carbons (Fsp3) is 0.517. The number of carbonyl (C=O) groups excluding carboxylic acids is 1. The molecule has 3 aliphatic heterocycles. The molecule has 7 nitrogen and oxygen atoms in total. The van der Waals surface area contributed by atoms with Crippen LogP contribution in [0.4, 0.5) is 5.69 Å². The van der Waals surface area contributed by atoms with Gasteiger partial charge < -0.3 is 19.6 Å². The molecule has 7 heteroatoms. The van der Waals surface area contributed by atoms with Crippen molar-refractivity contribution < 1.29 is 14.6 Å². The second kappa shape index (κ2) is 10.6. The van der Waals surface area contributed by atoms with Crippen molar-refractivity contribution in [3.8, 4) is 5.75 Å². The van der Waals surface area contributed by atoms with Gasteiger partial charge in [-0.3, -0.25) is 9.80 Å². The number of aryl methyl sites for hydroxylation is 1. The number of anilines is 1. The van der Waals surface area contributed by atoms with Crippen molar-refractivity contribution >= 4 is 17.8 Å². The fourth-order valence-electron chi connectivity index (χ4n) is 5.52. The Balaban J connectivity index is 1.13. The van der Waals surface area contributed by atoms with Gasteiger partial charge in [-0.15, -0.1) is 0 Å². The molecule has 1 atom stereocenters. The summed E-state index contributed by atoms with van der Waals surface area (Å²) >= 11 is 0. The van der Waals surface area contributed by atoms with Crippen LogP contribution in [0.2, 0.25) is 0 Å². The number of ether oxygens (including phenoxy) is 1. The van der Waals surface area contributed by atoms with E-state index in [0.29, 0.717) is 37.9 Å². The SMILES string of the molecule is Cc1ccc(N2N=CCC2CC2(O)CCN(C(=O)c3ccc(OC4CCN(C)CC4)cc3)CC2)cc1. The maximum absolute atomic E-state index is 13.1. The summed E-state index contributed by atoms with van der Waals surface area (Å²) in [6.45, 7) is 5.30. The number of hydrazone groups is 1. The smallest absolute Gasteiger partial charge is 0.253 e. The summed E-state index contributed by atoms with van der Waals surface area (Å²) in [6, 6.07) is 16.0. The second-order valence-electron chi connectivity index (χ2n) is 10.7. The van der Waals surface area contributed by atoms with Gasteiger partial charge in [-0.1, -0.05) is 17.7 Å². The van der Waals surface area contributed by atoms with E-state index in [2.05, 4.69) is 48.2 Å². The molecule has 0 aliphatic carbocycles. The van der Waals surface area contributed by atoms with Crippen LogP contribution in [0.3, 0.4) is 0 Å². The lowest BCUT2D eigenvalue weighted by molar-refractivity contribution is -0.0268. The Hall–Kier alpha value is -2.90. The minimum absolute atomic E-state index is 0.0216. The van der Waals surface area contributed by atoms with Crippen LogP contribution in [0.5, 0.6) is 5.75 Å². The fourth-order valence-corrected chi connectivity index (χ4v) is 5.52. The van der Waals surface area contributed by atoms with E-state index in [1.165, 1.54) is 5.56 Å². The van der Waals surface area contributed by atoms with Crippen LogP contribution >= 0.6 is 0 Å². The van der Waals surface area contributed by atoms with E-state index in [1.807, 2.05) is 40.4 Å². The van der Waals surface area contributed by atoms with Gasteiger partial charge in [-0.2, -0.15) is 5.10 Å². The molecule has 2 fully saturated rings. The standard InChI is InChI=1S/C29H38N4O3/c1-22-3-7-24(8-4-22)33-25(11-16-30-33)21-29(35)14-19-32(20-15-29)28(34)23-5-9-26(10-6-23)36-27-12-17-31(2)18-13-27/h3-10,16,25,27,35H,11-15,17-21H2,1-2H3. The van der Waals surface area contributed by atoms with Crippen LogP contribution < -0.4 is 9.75 Å². The average molecular weight is 491 g/mol. The van der Waals surface area contributed by atoms with Crippen LogP contribution in [-0.4, -0.2) is 78.0 Å². The van der Waals surface area contributed by atoms with E-state index in [0.717, 1.165) is 43.8 Å². The van der Waals surface area contributed by atoms with Crippen LogP contribution in [0, 0.1) is 6.92 Å². The van der Waals surface area contributed by atoms with Crippen molar-refractivity contribution in [3.05, 3.63) is 59.7 Å². The minimum Gasteiger partial charge on any atom is -0.490 e. The molecule has 2 saturated heterocycles. The first-order chi connectivity index (χ1) is 17.4. The van der Waals surface area contributed by atoms with E-state index in [-0.39, 0.29) is 18.1 Å². The molecule has 0 spiro atoms. The number of likely N-dealkylation sites (tertiary alicyclic amines) is 2. The Morgan fingerprint density at radius 2 is 1.69 bits per heavy atom. The van der Waals surface area contributed by atoms with Crippen molar-refractivity contribution in [1.82, 2.24) is 9.80 Å². The van der Waals surface area contributed by atoms with Crippen molar-refractivity contribution in [2.75, 3.05) is 38.2 Å². The molecule has 1 amide bonds. The predicted molar refractivity (Wildman–Crippen MR) is 143 cm³/mol. The molecule has 0 aromatic heterocycles. The molecule has 1 N–H and O–H groups in total. The summed E-state index contributed by atoms with van der Waals surface area (Å²) in [5.74, 6) is 0.847. The van der Waals surface area contributed by atoms with Gasteiger partial charge in [0.25, 0.3) is 5.91 Å². The number of aliphatic hydroxyl groups is 1. The third-order valence-electron chi connectivity index (χ3n) is 7.89. The van der Waals surface area contributed by atoms with Crippen molar-refractivity contribution in [1.29, 1.82) is 0 Å². The molecular weight excluding hydrogens is 452 g/mol. The Morgan fingerprint density at radius 1 is 1.03 bits per heavy atom. The minimum atomic E-state index is -0.788. The summed E-state index contributed by atoms with van der Waals surface area (Å²) in [6.07, 6.45) is 6.87. The monoisotopic (exact) mass is 490 g/mol. The number of nitrogens with zero attached hydrogens (tertiary/aromatic N) is 4. The highest BCUT2D eigenvalue weighted by Crippen LogP contribution is 2.33. The first-order valence-corrected chi connectivity index (χ1v) is 13.2. The maximum Gasteiger partial charge on any atom is 0.253 e. The molecule has 5 rings (SSSR count). The number of carbonyl (C=O) groups is 1. The van der Waals surface area contributed by atoms with Crippen LogP contribution in [-0.2, 0) is 0 Å². The number of hydrogen-bond donors (Lipinski definition) is 1. The molecule has 1 unspecified atom stereocenters. The Morgan fingerprint density at radius 3 is 2.36 bits per heavy atom. The summed E-state index contributed by atoms with van der Waals surface area (Å²) in [4.78, 5) is 17.3. The van der Waals surface area contributed by atoms with E-state index in [9.17, 15) is 9.90 Å². The Kier molecular flexibility index (Phi) is 7.30. The first kappa shape index (κ1) is 24.8. The average Bonchev–Trinajstić information content (AvgIpc) is 3.34. The number of rotatable bonds is 6. The van der Waals surface area contributed by atoms with Crippen LogP contribution in [0.1, 0.15) is 54.4 Å². The molecule has 2 aromatic rings. The van der Waals surface area contributed by atoms with E-state index in [4.69, 9.17) is 4.74 Å². The van der Waals surface area contributed by atoms with Gasteiger partial charge in [-0.25, -0.2) is 0 Å². The predicted octanol–water partition coefficient (Wildman–Crippen LogP) is 4.09. The third-order valence-corrected chi connectivity index (χ3v) is 7.89. The maximum atomic E-state index is 13.1. The zero-order valence-corrected chi connectivity index (χ0v) is 21.5. The molecule has 192 valence electrons.